The summed E-state index contributed by atoms with van der Waals surface area (Å²) in [5, 5.41) is 23.8. The lowest BCUT2D eigenvalue weighted by atomic mass is 10.0. The number of nitrogens with one attached hydrogen (secondary N) is 1. The number of carbonyl (C=O) groups is 2. The van der Waals surface area contributed by atoms with E-state index in [4.69, 9.17) is 4.74 Å². The first kappa shape index (κ1) is 61.8. The Morgan fingerprint density at radius 1 is 0.462 bits per heavy atom. The van der Waals surface area contributed by atoms with Crippen LogP contribution in [0.25, 0.3) is 0 Å². The van der Waals surface area contributed by atoms with Crippen LogP contribution in [0, 0.1) is 0 Å². The summed E-state index contributed by atoms with van der Waals surface area (Å²) in [7, 11) is 0. The van der Waals surface area contributed by atoms with Crippen LogP contribution in [0.4, 0.5) is 0 Å². The van der Waals surface area contributed by atoms with Gasteiger partial charge in [0.05, 0.1) is 25.2 Å². The molecule has 6 nitrogen and oxygen atoms in total. The summed E-state index contributed by atoms with van der Waals surface area (Å²) in [6.07, 6.45) is 69.0. The molecule has 0 spiro atoms. The molecule has 1 amide bonds. The number of unbranched alkanes of at least 4 members (excludes halogenated alkanes) is 19. The minimum atomic E-state index is -0.813. The van der Waals surface area contributed by atoms with Crippen molar-refractivity contribution in [2.24, 2.45) is 0 Å². The van der Waals surface area contributed by atoms with E-state index < -0.39 is 18.2 Å². The van der Waals surface area contributed by atoms with Crippen LogP contribution in [0.5, 0.6) is 0 Å². The van der Waals surface area contributed by atoms with Crippen molar-refractivity contribution in [2.75, 3.05) is 6.61 Å². The molecule has 0 aromatic heterocycles. The molecule has 3 N–H and O–H groups in total. The second-order valence-electron chi connectivity index (χ2n) is 17.9. The summed E-state index contributed by atoms with van der Waals surface area (Å²) in [4.78, 5) is 26.2. The van der Waals surface area contributed by atoms with E-state index in [1.54, 1.807) is 0 Å². The lowest BCUT2D eigenvalue weighted by Gasteiger charge is -2.24. The van der Waals surface area contributed by atoms with E-state index in [2.05, 4.69) is 123 Å². The molecule has 372 valence electrons. The van der Waals surface area contributed by atoms with Crippen molar-refractivity contribution in [2.45, 2.75) is 257 Å². The minimum Gasteiger partial charge on any atom is -0.462 e. The molecule has 0 rings (SSSR count). The molecule has 0 saturated carbocycles. The Balaban J connectivity index is 4.71. The monoisotopic (exact) mass is 904 g/mol. The Labute approximate surface area is 401 Å². The van der Waals surface area contributed by atoms with Crippen molar-refractivity contribution in [1.29, 1.82) is 0 Å². The molecule has 3 unspecified atom stereocenters. The predicted octanol–water partition coefficient (Wildman–Crippen LogP) is 16.5. The van der Waals surface area contributed by atoms with Gasteiger partial charge in [-0.1, -0.05) is 221 Å². The summed E-state index contributed by atoms with van der Waals surface area (Å²) in [6.45, 7) is 6.31. The Kier molecular flexibility index (Phi) is 49.2. The zero-order valence-electron chi connectivity index (χ0n) is 42.3. The number of aliphatic hydroxyl groups is 2. The first-order valence-corrected chi connectivity index (χ1v) is 27.0. The first-order chi connectivity index (χ1) is 32.0. The van der Waals surface area contributed by atoms with Gasteiger partial charge in [0.25, 0.3) is 0 Å². The third-order valence-electron chi connectivity index (χ3n) is 11.6. The zero-order valence-corrected chi connectivity index (χ0v) is 42.3. The second kappa shape index (κ2) is 51.8. The van der Waals surface area contributed by atoms with E-state index in [0.717, 1.165) is 103 Å². The van der Waals surface area contributed by atoms with E-state index in [1.807, 2.05) is 0 Å². The molecule has 3 atom stereocenters. The second-order valence-corrected chi connectivity index (χ2v) is 17.9. The van der Waals surface area contributed by atoms with Gasteiger partial charge in [-0.3, -0.25) is 9.59 Å². The van der Waals surface area contributed by atoms with Gasteiger partial charge >= 0.3 is 5.97 Å². The highest BCUT2D eigenvalue weighted by atomic mass is 16.5. The third-order valence-corrected chi connectivity index (χ3v) is 11.6. The fourth-order valence-corrected chi connectivity index (χ4v) is 7.59. The molecule has 0 aromatic carbocycles. The number of hydrogen-bond donors (Lipinski definition) is 3. The quantitative estimate of drug-likeness (QED) is 0.0321. The van der Waals surface area contributed by atoms with Crippen molar-refractivity contribution in [3.05, 3.63) is 97.2 Å². The summed E-state index contributed by atoms with van der Waals surface area (Å²) < 4.78 is 5.90. The normalized spacial score (nSPS) is 14.0. The molecule has 6 heteroatoms. The fourth-order valence-electron chi connectivity index (χ4n) is 7.59. The van der Waals surface area contributed by atoms with Gasteiger partial charge in [-0.25, -0.2) is 0 Å². The highest BCUT2D eigenvalue weighted by molar-refractivity contribution is 5.77. The van der Waals surface area contributed by atoms with Gasteiger partial charge in [0, 0.05) is 6.42 Å². The lowest BCUT2D eigenvalue weighted by Crippen LogP contribution is -2.46. The zero-order chi connectivity index (χ0) is 47.4. The van der Waals surface area contributed by atoms with Crippen LogP contribution in [0.15, 0.2) is 97.2 Å². The van der Waals surface area contributed by atoms with Crippen LogP contribution in [-0.2, 0) is 14.3 Å². The van der Waals surface area contributed by atoms with E-state index in [0.29, 0.717) is 19.3 Å². The Bertz CT molecular complexity index is 1290. The molecular formula is C59H101NO5. The van der Waals surface area contributed by atoms with Gasteiger partial charge in [0.15, 0.2) is 0 Å². The standard InChI is InChI=1S/C59H101NO5/c1-4-7-10-13-16-19-22-25-27-28-29-30-31-34-37-40-43-46-49-52-59(64)65-55(50-47-44-41-38-35-33-26-23-20-17-14-11-8-5-2)53-58(63)60-56(54-61)57(62)51-48-45-42-39-36-32-24-21-18-15-12-9-6-3/h8,11,16-17,19-20,25-27,29-30,33-34,37-38,41,55-57,61-62H,4-7,9-10,12-15,18,21-24,28,31-32,35-36,39-40,42-54H2,1-3H3,(H,60,63)/b11-8+,19-16-,20-17+,27-25-,30-29-,33-26+,37-34-,41-38+. The maximum atomic E-state index is 13.2. The minimum absolute atomic E-state index is 0.0218. The van der Waals surface area contributed by atoms with Gasteiger partial charge < -0.3 is 20.3 Å². The molecule has 65 heavy (non-hydrogen) atoms. The van der Waals surface area contributed by atoms with Gasteiger partial charge in [-0.05, 0) is 103 Å². The molecule has 0 aliphatic heterocycles. The fraction of sp³-hybridized carbons (Fsp3) is 0.695. The van der Waals surface area contributed by atoms with E-state index in [9.17, 15) is 19.8 Å². The summed E-state index contributed by atoms with van der Waals surface area (Å²) in [5.74, 6) is -0.570. The largest absolute Gasteiger partial charge is 0.462 e. The van der Waals surface area contributed by atoms with Crippen LogP contribution in [0.3, 0.4) is 0 Å². The number of carbonyl (C=O) groups excluding carboxylic acids is 2. The van der Waals surface area contributed by atoms with Crippen molar-refractivity contribution in [3.8, 4) is 0 Å². The molecule has 0 radical (unpaired) electrons. The van der Waals surface area contributed by atoms with Crippen LogP contribution in [0.1, 0.15) is 239 Å². The van der Waals surface area contributed by atoms with E-state index >= 15 is 0 Å². The summed E-state index contributed by atoms with van der Waals surface area (Å²) in [5.41, 5.74) is 0. The molecule has 0 aliphatic rings. The Morgan fingerprint density at radius 3 is 1.31 bits per heavy atom. The highest BCUT2D eigenvalue weighted by Crippen LogP contribution is 2.16. The summed E-state index contributed by atoms with van der Waals surface area (Å²) in [6, 6.07) is -0.731. The molecule has 0 heterocycles. The lowest BCUT2D eigenvalue weighted by molar-refractivity contribution is -0.151. The Hall–Kier alpha value is -3.22. The van der Waals surface area contributed by atoms with E-state index in [-0.39, 0.29) is 24.9 Å². The average molecular weight is 904 g/mol. The van der Waals surface area contributed by atoms with Crippen LogP contribution >= 0.6 is 0 Å². The van der Waals surface area contributed by atoms with Gasteiger partial charge in [0.1, 0.15) is 6.10 Å². The maximum Gasteiger partial charge on any atom is 0.306 e. The van der Waals surface area contributed by atoms with Crippen molar-refractivity contribution in [1.82, 2.24) is 5.32 Å². The molecule has 0 bridgehead atoms. The number of amides is 1. The highest BCUT2D eigenvalue weighted by Gasteiger charge is 2.24. The predicted molar refractivity (Wildman–Crippen MR) is 282 cm³/mol. The van der Waals surface area contributed by atoms with Crippen LogP contribution in [0.2, 0.25) is 0 Å². The molecular weight excluding hydrogens is 803 g/mol. The van der Waals surface area contributed by atoms with Crippen molar-refractivity contribution >= 4 is 11.9 Å². The smallest absolute Gasteiger partial charge is 0.306 e. The van der Waals surface area contributed by atoms with Crippen molar-refractivity contribution in [3.63, 3.8) is 0 Å². The number of allylic oxidation sites excluding steroid dienone is 16. The van der Waals surface area contributed by atoms with Crippen LogP contribution in [-0.4, -0.2) is 46.9 Å². The number of rotatable bonds is 47. The molecule has 0 saturated heterocycles. The molecule has 0 aliphatic carbocycles. The summed E-state index contributed by atoms with van der Waals surface area (Å²) >= 11 is 0. The number of esters is 1. The first-order valence-electron chi connectivity index (χ1n) is 27.0. The number of hydrogen-bond acceptors (Lipinski definition) is 5. The van der Waals surface area contributed by atoms with E-state index in [1.165, 1.54) is 89.9 Å². The average Bonchev–Trinajstić information content (AvgIpc) is 3.30. The topological polar surface area (TPSA) is 95.9 Å². The molecule has 0 fully saturated rings. The maximum absolute atomic E-state index is 13.2. The number of ether oxygens (including phenoxy) is 1. The molecule has 0 aromatic rings. The Morgan fingerprint density at radius 2 is 0.846 bits per heavy atom. The van der Waals surface area contributed by atoms with Gasteiger partial charge in [0.2, 0.25) is 5.91 Å². The van der Waals surface area contributed by atoms with Crippen molar-refractivity contribution < 1.29 is 24.5 Å². The number of aliphatic hydroxyl groups excluding tert-OH is 2. The third kappa shape index (κ3) is 47.1. The van der Waals surface area contributed by atoms with Gasteiger partial charge in [-0.2, -0.15) is 0 Å². The SMILES string of the molecule is CC/C=C/C/C=C/C/C=C/C/C=C/CCCC(CC(=O)NC(CO)C(O)CCCCCCCCCCCCCCC)OC(=O)CCCCC/C=C\C/C=C\C/C=C\C/C=C\CCCCC. The van der Waals surface area contributed by atoms with Crippen LogP contribution < -0.4 is 5.32 Å². The van der Waals surface area contributed by atoms with Gasteiger partial charge in [-0.15, -0.1) is 0 Å².